The maximum atomic E-state index is 12.4. The number of likely N-dealkylation sites (N-methyl/N-ethyl adjacent to an activating group) is 1. The maximum Gasteiger partial charge on any atom is 0.329 e. The first-order valence-corrected chi connectivity index (χ1v) is 6.82. The number of carboxylic acid groups (broad SMARTS) is 1. The van der Waals surface area contributed by atoms with Gasteiger partial charge < -0.3 is 10.0 Å². The monoisotopic (exact) mass is 253 g/mol. The summed E-state index contributed by atoms with van der Waals surface area (Å²) in [6.07, 6.45) is 4.95. The number of amides is 1. The molecule has 4 heteroatoms. The first-order valence-electron chi connectivity index (χ1n) is 6.82. The zero-order chi connectivity index (χ0) is 13.6. The molecule has 0 aromatic carbocycles. The minimum Gasteiger partial charge on any atom is -0.479 e. The molecule has 102 valence electrons. The second-order valence-electron chi connectivity index (χ2n) is 6.54. The highest BCUT2D eigenvalue weighted by Crippen LogP contribution is 2.53. The van der Waals surface area contributed by atoms with Gasteiger partial charge in [-0.1, -0.05) is 33.1 Å². The standard InChI is InChI=1S/C14H23NO3/c1-13(2)9-10(13)11(16)15(3)14(12(17)18)7-5-4-6-8-14/h10H,4-9H2,1-3H3,(H,17,18). The molecule has 2 saturated carbocycles. The van der Waals surface area contributed by atoms with Crippen LogP contribution in [0.2, 0.25) is 0 Å². The fourth-order valence-corrected chi connectivity index (χ4v) is 3.16. The van der Waals surface area contributed by atoms with Gasteiger partial charge in [-0.2, -0.15) is 0 Å². The van der Waals surface area contributed by atoms with Crippen LogP contribution >= 0.6 is 0 Å². The number of rotatable bonds is 3. The van der Waals surface area contributed by atoms with Crippen molar-refractivity contribution in [3.8, 4) is 0 Å². The number of carbonyl (C=O) groups is 2. The van der Waals surface area contributed by atoms with E-state index in [-0.39, 0.29) is 17.2 Å². The summed E-state index contributed by atoms with van der Waals surface area (Å²) in [4.78, 5) is 25.6. The van der Waals surface area contributed by atoms with E-state index in [1.54, 1.807) is 7.05 Å². The van der Waals surface area contributed by atoms with Crippen LogP contribution in [0.25, 0.3) is 0 Å². The predicted molar refractivity (Wildman–Crippen MR) is 68.1 cm³/mol. The van der Waals surface area contributed by atoms with Gasteiger partial charge >= 0.3 is 5.97 Å². The van der Waals surface area contributed by atoms with Gasteiger partial charge in [-0.05, 0) is 24.7 Å². The molecule has 1 amide bonds. The van der Waals surface area contributed by atoms with Gasteiger partial charge in [0.2, 0.25) is 5.91 Å². The average Bonchev–Trinajstić information content (AvgIpc) is 2.97. The van der Waals surface area contributed by atoms with Crippen LogP contribution in [0.15, 0.2) is 0 Å². The molecule has 0 aliphatic heterocycles. The van der Waals surface area contributed by atoms with Crippen molar-refractivity contribution < 1.29 is 14.7 Å². The van der Waals surface area contributed by atoms with Crippen molar-refractivity contribution in [1.29, 1.82) is 0 Å². The van der Waals surface area contributed by atoms with Crippen LogP contribution in [-0.4, -0.2) is 34.5 Å². The summed E-state index contributed by atoms with van der Waals surface area (Å²) in [5.74, 6) is -0.804. The molecule has 0 aromatic heterocycles. The van der Waals surface area contributed by atoms with Crippen LogP contribution in [0, 0.1) is 11.3 Å². The molecular formula is C14H23NO3. The van der Waals surface area contributed by atoms with Crippen LogP contribution in [0.1, 0.15) is 52.4 Å². The highest BCUT2D eigenvalue weighted by atomic mass is 16.4. The van der Waals surface area contributed by atoms with E-state index in [1.807, 2.05) is 0 Å². The van der Waals surface area contributed by atoms with Crippen LogP contribution in [0.3, 0.4) is 0 Å². The molecule has 0 radical (unpaired) electrons. The topological polar surface area (TPSA) is 57.6 Å². The lowest BCUT2D eigenvalue weighted by Crippen LogP contribution is -2.56. The van der Waals surface area contributed by atoms with Gasteiger partial charge in [0.25, 0.3) is 0 Å². The number of nitrogens with zero attached hydrogens (tertiary/aromatic N) is 1. The van der Waals surface area contributed by atoms with Crippen molar-refractivity contribution in [2.75, 3.05) is 7.05 Å². The predicted octanol–water partition coefficient (Wildman–Crippen LogP) is 2.28. The summed E-state index contributed by atoms with van der Waals surface area (Å²) in [6.45, 7) is 4.13. The summed E-state index contributed by atoms with van der Waals surface area (Å²) < 4.78 is 0. The van der Waals surface area contributed by atoms with Gasteiger partial charge in [0.05, 0.1) is 0 Å². The van der Waals surface area contributed by atoms with Crippen LogP contribution < -0.4 is 0 Å². The largest absolute Gasteiger partial charge is 0.479 e. The molecule has 0 bridgehead atoms. The van der Waals surface area contributed by atoms with Crippen LogP contribution in [-0.2, 0) is 9.59 Å². The minimum atomic E-state index is -0.950. The quantitative estimate of drug-likeness (QED) is 0.839. The summed E-state index contributed by atoms with van der Waals surface area (Å²) in [5.41, 5.74) is -0.895. The Bertz CT molecular complexity index is 369. The molecule has 2 fully saturated rings. The van der Waals surface area contributed by atoms with E-state index in [2.05, 4.69) is 13.8 Å². The van der Waals surface area contributed by atoms with Gasteiger partial charge in [0.1, 0.15) is 5.54 Å². The molecule has 0 spiro atoms. The van der Waals surface area contributed by atoms with E-state index in [9.17, 15) is 14.7 Å². The highest BCUT2D eigenvalue weighted by Gasteiger charge is 2.55. The number of aliphatic carboxylic acids is 1. The summed E-state index contributed by atoms with van der Waals surface area (Å²) in [5, 5.41) is 9.55. The van der Waals surface area contributed by atoms with E-state index < -0.39 is 11.5 Å². The molecule has 2 aliphatic rings. The van der Waals surface area contributed by atoms with Gasteiger partial charge in [-0.25, -0.2) is 4.79 Å². The van der Waals surface area contributed by atoms with E-state index in [0.717, 1.165) is 25.7 Å². The number of hydrogen-bond donors (Lipinski definition) is 1. The van der Waals surface area contributed by atoms with Gasteiger partial charge in [-0.3, -0.25) is 4.79 Å². The van der Waals surface area contributed by atoms with Crippen molar-refractivity contribution in [2.45, 2.75) is 57.9 Å². The second kappa shape index (κ2) is 4.25. The lowest BCUT2D eigenvalue weighted by atomic mass is 9.80. The summed E-state index contributed by atoms with van der Waals surface area (Å²) in [7, 11) is 1.68. The molecule has 1 N–H and O–H groups in total. The molecule has 1 atom stereocenters. The van der Waals surface area contributed by atoms with E-state index in [4.69, 9.17) is 0 Å². The molecule has 0 saturated heterocycles. The van der Waals surface area contributed by atoms with Gasteiger partial charge in [-0.15, -0.1) is 0 Å². The van der Waals surface area contributed by atoms with Gasteiger partial charge in [0, 0.05) is 13.0 Å². The van der Waals surface area contributed by atoms with E-state index >= 15 is 0 Å². The number of hydrogen-bond acceptors (Lipinski definition) is 2. The Kier molecular flexibility index (Phi) is 3.16. The van der Waals surface area contributed by atoms with Crippen LogP contribution in [0.4, 0.5) is 0 Å². The lowest BCUT2D eigenvalue weighted by Gasteiger charge is -2.41. The number of carbonyl (C=O) groups excluding carboxylic acids is 1. The third kappa shape index (κ3) is 2.02. The third-order valence-electron chi connectivity index (χ3n) is 4.86. The van der Waals surface area contributed by atoms with Crippen molar-refractivity contribution in [1.82, 2.24) is 4.90 Å². The SMILES string of the molecule is CN(C(=O)C1CC1(C)C)C1(C(=O)O)CCCCC1. The van der Waals surface area contributed by atoms with Crippen LogP contribution in [0.5, 0.6) is 0 Å². The fraction of sp³-hybridized carbons (Fsp3) is 0.857. The van der Waals surface area contributed by atoms with E-state index in [0.29, 0.717) is 12.8 Å². The lowest BCUT2D eigenvalue weighted by molar-refractivity contribution is -0.161. The molecule has 18 heavy (non-hydrogen) atoms. The Balaban J connectivity index is 2.16. The Morgan fingerprint density at radius 3 is 2.06 bits per heavy atom. The molecule has 2 aliphatic carbocycles. The Morgan fingerprint density at radius 1 is 1.17 bits per heavy atom. The van der Waals surface area contributed by atoms with Crippen molar-refractivity contribution in [2.24, 2.45) is 11.3 Å². The number of carboxylic acids is 1. The first kappa shape index (κ1) is 13.4. The zero-order valence-corrected chi connectivity index (χ0v) is 11.5. The Labute approximate surface area is 108 Å². The third-order valence-corrected chi connectivity index (χ3v) is 4.86. The van der Waals surface area contributed by atoms with Gasteiger partial charge in [0.15, 0.2) is 0 Å². The molecule has 0 heterocycles. The Morgan fingerprint density at radius 2 is 1.67 bits per heavy atom. The first-order chi connectivity index (χ1) is 8.31. The van der Waals surface area contributed by atoms with Crippen molar-refractivity contribution in [3.63, 3.8) is 0 Å². The summed E-state index contributed by atoms with van der Waals surface area (Å²) >= 11 is 0. The van der Waals surface area contributed by atoms with Crippen molar-refractivity contribution >= 4 is 11.9 Å². The second-order valence-corrected chi connectivity index (χ2v) is 6.54. The average molecular weight is 253 g/mol. The molecular weight excluding hydrogens is 230 g/mol. The zero-order valence-electron chi connectivity index (χ0n) is 11.5. The van der Waals surface area contributed by atoms with Crippen molar-refractivity contribution in [3.05, 3.63) is 0 Å². The smallest absolute Gasteiger partial charge is 0.329 e. The molecule has 4 nitrogen and oxygen atoms in total. The molecule has 0 aromatic rings. The maximum absolute atomic E-state index is 12.4. The Hall–Kier alpha value is -1.06. The molecule has 1 unspecified atom stereocenters. The summed E-state index contributed by atoms with van der Waals surface area (Å²) in [6, 6.07) is 0. The van der Waals surface area contributed by atoms with E-state index in [1.165, 1.54) is 4.90 Å². The highest BCUT2D eigenvalue weighted by molar-refractivity contribution is 5.89. The fourth-order valence-electron chi connectivity index (χ4n) is 3.16. The minimum absolute atomic E-state index is 0.0145. The normalized spacial score (nSPS) is 28.5. The molecule has 2 rings (SSSR count).